The van der Waals surface area contributed by atoms with Gasteiger partial charge in [-0.25, -0.2) is 0 Å². The second kappa shape index (κ2) is 12.6. The van der Waals surface area contributed by atoms with E-state index in [1.54, 1.807) is 12.1 Å². The largest absolute Gasteiger partial charge is 2.00 e. The molecule has 2 rings (SSSR count). The van der Waals surface area contributed by atoms with Gasteiger partial charge in [-0.1, -0.05) is 42.5 Å². The van der Waals surface area contributed by atoms with E-state index in [0.717, 1.165) is 5.69 Å². The molecule has 0 aromatic heterocycles. The van der Waals surface area contributed by atoms with Crippen LogP contribution in [0.1, 0.15) is 25.7 Å². The van der Waals surface area contributed by atoms with Gasteiger partial charge in [0.1, 0.15) is 0 Å². The fourth-order valence-electron chi connectivity index (χ4n) is 1.59. The van der Waals surface area contributed by atoms with Crippen molar-refractivity contribution >= 4 is 11.7 Å². The molecular formula is C16H20NO2Rh+. The quantitative estimate of drug-likeness (QED) is 0.665. The Balaban J connectivity index is 0.000000359. The molecular weight excluding hydrogens is 341 g/mol. The fourth-order valence-corrected chi connectivity index (χ4v) is 1.59. The second-order valence-electron chi connectivity index (χ2n) is 4.19. The number of hydrogen-bond acceptors (Lipinski definition) is 3. The van der Waals surface area contributed by atoms with Crippen molar-refractivity contribution in [3.8, 4) is 0 Å². The van der Waals surface area contributed by atoms with Gasteiger partial charge >= 0.3 is 19.5 Å². The standard InChI is InChI=1S/C8H9NO2.C8H12.Rh/c10-8(11)6-9-7-4-2-1-3-5-7;1-2-4-6-8-7-5-3-1;/h1-5,9H,6H2,(H,10,11);1-2,7-8H,3-6H2;/q;;+2/p-1/b;2-1-,8-7-;. The SMILES string of the molecule is C1=C\CC/C=C\CC/1.O=C([O-])CNc1ccccc1.[Rh+2]. The summed E-state index contributed by atoms with van der Waals surface area (Å²) in [5.41, 5.74) is 0.789. The van der Waals surface area contributed by atoms with Gasteiger partial charge in [0.05, 0.1) is 12.5 Å². The number of anilines is 1. The van der Waals surface area contributed by atoms with Crippen LogP contribution in [0.3, 0.4) is 0 Å². The third kappa shape index (κ3) is 10.5. The topological polar surface area (TPSA) is 52.2 Å². The predicted molar refractivity (Wildman–Crippen MR) is 76.7 cm³/mol. The van der Waals surface area contributed by atoms with Gasteiger partial charge in [0.15, 0.2) is 0 Å². The third-order valence-corrected chi connectivity index (χ3v) is 2.54. The second-order valence-corrected chi connectivity index (χ2v) is 4.19. The van der Waals surface area contributed by atoms with Crippen molar-refractivity contribution in [2.75, 3.05) is 11.9 Å². The molecule has 1 aliphatic rings. The zero-order valence-corrected chi connectivity index (χ0v) is 13.0. The van der Waals surface area contributed by atoms with Crippen LogP contribution in [-0.2, 0) is 24.3 Å². The smallest absolute Gasteiger partial charge is 0.548 e. The van der Waals surface area contributed by atoms with Crippen molar-refractivity contribution in [1.82, 2.24) is 0 Å². The monoisotopic (exact) mass is 361 g/mol. The van der Waals surface area contributed by atoms with Gasteiger partial charge in [0.2, 0.25) is 0 Å². The number of allylic oxidation sites excluding steroid dienone is 4. The Bertz CT molecular complexity index is 390. The molecule has 1 aromatic carbocycles. The fraction of sp³-hybridized carbons (Fsp3) is 0.312. The molecule has 0 unspecified atom stereocenters. The maximum atomic E-state index is 10.00. The Morgan fingerprint density at radius 3 is 1.80 bits per heavy atom. The van der Waals surface area contributed by atoms with Crippen molar-refractivity contribution in [2.45, 2.75) is 25.7 Å². The van der Waals surface area contributed by atoms with E-state index in [1.165, 1.54) is 25.7 Å². The zero-order chi connectivity index (χ0) is 13.8. The van der Waals surface area contributed by atoms with E-state index in [0.29, 0.717) is 0 Å². The number of benzene rings is 1. The Kier molecular flexibility index (Phi) is 11.7. The summed E-state index contributed by atoms with van der Waals surface area (Å²) in [5.74, 6) is -1.10. The molecule has 0 aliphatic heterocycles. The molecule has 0 saturated carbocycles. The first-order valence-electron chi connectivity index (χ1n) is 6.58. The molecule has 4 heteroatoms. The molecule has 3 nitrogen and oxygen atoms in total. The van der Waals surface area contributed by atoms with E-state index in [4.69, 9.17) is 0 Å². The van der Waals surface area contributed by atoms with Gasteiger partial charge in [-0.05, 0) is 37.8 Å². The number of carboxylic acids is 1. The molecule has 109 valence electrons. The molecule has 20 heavy (non-hydrogen) atoms. The molecule has 0 spiro atoms. The minimum absolute atomic E-state index is 0. The number of carboxylic acid groups (broad SMARTS) is 1. The summed E-state index contributed by atoms with van der Waals surface area (Å²) in [5, 5.41) is 12.7. The molecule has 0 bridgehead atoms. The van der Waals surface area contributed by atoms with Gasteiger partial charge in [-0.15, -0.1) is 0 Å². The maximum Gasteiger partial charge on any atom is 2.00 e. The van der Waals surface area contributed by atoms with Gasteiger partial charge in [0, 0.05) is 5.69 Å². The van der Waals surface area contributed by atoms with Crippen molar-refractivity contribution in [3.05, 3.63) is 54.6 Å². The molecule has 1 aromatic rings. The number of aliphatic carboxylic acids is 1. The number of para-hydroxylation sites is 1. The number of hydrogen-bond donors (Lipinski definition) is 1. The summed E-state index contributed by atoms with van der Waals surface area (Å²) in [4.78, 5) is 10.00. The van der Waals surface area contributed by atoms with Crippen LogP contribution in [0.15, 0.2) is 54.6 Å². The summed E-state index contributed by atoms with van der Waals surface area (Å²) in [6.45, 7) is -0.149. The van der Waals surface area contributed by atoms with Crippen LogP contribution in [0.25, 0.3) is 0 Å². The van der Waals surface area contributed by atoms with Gasteiger partial charge in [-0.3, -0.25) is 0 Å². The Hall–Kier alpha value is -1.41. The van der Waals surface area contributed by atoms with Crippen molar-refractivity contribution in [2.24, 2.45) is 0 Å². The summed E-state index contributed by atoms with van der Waals surface area (Å²) < 4.78 is 0. The number of nitrogens with one attached hydrogen (secondary N) is 1. The third-order valence-electron chi connectivity index (χ3n) is 2.54. The van der Waals surface area contributed by atoms with Crippen molar-refractivity contribution < 1.29 is 29.4 Å². The van der Waals surface area contributed by atoms with Crippen LogP contribution in [0, 0.1) is 0 Å². The minimum Gasteiger partial charge on any atom is -0.548 e. The summed E-state index contributed by atoms with van der Waals surface area (Å²) in [6.07, 6.45) is 14.0. The Labute approximate surface area is 133 Å². The first-order valence-corrected chi connectivity index (χ1v) is 6.58. The van der Waals surface area contributed by atoms with Crippen LogP contribution in [0.4, 0.5) is 5.69 Å². The van der Waals surface area contributed by atoms with Crippen LogP contribution >= 0.6 is 0 Å². The van der Waals surface area contributed by atoms with E-state index in [2.05, 4.69) is 29.6 Å². The van der Waals surface area contributed by atoms with E-state index in [1.807, 2.05) is 18.2 Å². The minimum atomic E-state index is -1.10. The zero-order valence-electron chi connectivity index (χ0n) is 11.4. The van der Waals surface area contributed by atoms with Crippen LogP contribution in [0.5, 0.6) is 0 Å². The molecule has 0 saturated heterocycles. The average molecular weight is 361 g/mol. The average Bonchev–Trinajstić information content (AvgIpc) is 2.37. The van der Waals surface area contributed by atoms with E-state index < -0.39 is 5.97 Å². The van der Waals surface area contributed by atoms with Gasteiger partial charge in [-0.2, -0.15) is 0 Å². The Morgan fingerprint density at radius 2 is 1.40 bits per heavy atom. The first-order chi connectivity index (χ1) is 9.29. The van der Waals surface area contributed by atoms with E-state index in [9.17, 15) is 9.90 Å². The van der Waals surface area contributed by atoms with E-state index >= 15 is 0 Å². The van der Waals surface area contributed by atoms with E-state index in [-0.39, 0.29) is 26.0 Å². The normalized spacial score (nSPS) is 16.2. The molecule has 0 atom stereocenters. The van der Waals surface area contributed by atoms with Gasteiger partial charge in [0.25, 0.3) is 0 Å². The summed E-state index contributed by atoms with van der Waals surface area (Å²) in [7, 11) is 0. The number of carbonyl (C=O) groups is 1. The molecule has 0 amide bonds. The summed E-state index contributed by atoms with van der Waals surface area (Å²) in [6, 6.07) is 9.12. The van der Waals surface area contributed by atoms with Crippen molar-refractivity contribution in [1.29, 1.82) is 0 Å². The number of carbonyl (C=O) groups excluding carboxylic acids is 1. The summed E-state index contributed by atoms with van der Waals surface area (Å²) >= 11 is 0. The van der Waals surface area contributed by atoms with Crippen LogP contribution in [-0.4, -0.2) is 12.5 Å². The molecule has 1 radical (unpaired) electrons. The molecule has 1 N–H and O–H groups in total. The molecule has 1 aliphatic carbocycles. The first kappa shape index (κ1) is 18.6. The number of rotatable bonds is 3. The van der Waals surface area contributed by atoms with Crippen LogP contribution in [0.2, 0.25) is 0 Å². The Morgan fingerprint density at radius 1 is 0.950 bits per heavy atom. The molecule has 0 fully saturated rings. The van der Waals surface area contributed by atoms with Crippen LogP contribution < -0.4 is 10.4 Å². The predicted octanol–water partition coefficient (Wildman–Crippen LogP) is 2.52. The maximum absolute atomic E-state index is 10.00. The molecule has 0 heterocycles. The van der Waals surface area contributed by atoms with Gasteiger partial charge < -0.3 is 15.2 Å². The van der Waals surface area contributed by atoms with Crippen molar-refractivity contribution in [3.63, 3.8) is 0 Å².